The van der Waals surface area contributed by atoms with Crippen LogP contribution in [-0.4, -0.2) is 43.1 Å². The van der Waals surface area contributed by atoms with Crippen molar-refractivity contribution >= 4 is 12.0 Å². The summed E-state index contributed by atoms with van der Waals surface area (Å²) >= 11 is 0. The maximum atomic E-state index is 11.6. The minimum atomic E-state index is -0.579. The van der Waals surface area contributed by atoms with Crippen LogP contribution < -0.4 is 5.32 Å². The van der Waals surface area contributed by atoms with Gasteiger partial charge in [0.2, 0.25) is 0 Å². The molecule has 1 aliphatic heterocycles. The molecule has 1 atom stereocenters. The van der Waals surface area contributed by atoms with Gasteiger partial charge in [-0.3, -0.25) is 0 Å². The first-order valence-corrected chi connectivity index (χ1v) is 5.28. The van der Waals surface area contributed by atoms with Crippen molar-refractivity contribution in [2.24, 2.45) is 0 Å². The summed E-state index contributed by atoms with van der Waals surface area (Å²) in [4.78, 5) is 24.4. The predicted molar refractivity (Wildman–Crippen MR) is 55.4 cm³/mol. The highest BCUT2D eigenvalue weighted by molar-refractivity contribution is 5.83. The van der Waals surface area contributed by atoms with Gasteiger partial charge in [-0.2, -0.15) is 0 Å². The molecule has 0 bridgehead atoms. The van der Waals surface area contributed by atoms with Gasteiger partial charge in [0.1, 0.15) is 6.04 Å². The van der Waals surface area contributed by atoms with Crippen molar-refractivity contribution in [3.05, 3.63) is 0 Å². The minimum absolute atomic E-state index is 0.174. The summed E-state index contributed by atoms with van der Waals surface area (Å²) in [6.07, 6.45) is 3.26. The molecule has 2 amide bonds. The number of amides is 2. The van der Waals surface area contributed by atoms with Crippen LogP contribution in [0.5, 0.6) is 0 Å². The van der Waals surface area contributed by atoms with Gasteiger partial charge in [-0.1, -0.05) is 0 Å². The van der Waals surface area contributed by atoms with Gasteiger partial charge in [0, 0.05) is 13.1 Å². The molecular weight excluding hydrogens is 196 g/mol. The van der Waals surface area contributed by atoms with Crippen LogP contribution in [0.1, 0.15) is 26.2 Å². The highest BCUT2D eigenvalue weighted by Crippen LogP contribution is 2.08. The Morgan fingerprint density at radius 2 is 1.87 bits per heavy atom. The fourth-order valence-electron chi connectivity index (χ4n) is 1.61. The summed E-state index contributed by atoms with van der Waals surface area (Å²) in [7, 11) is 1.31. The number of hydrogen-bond acceptors (Lipinski definition) is 3. The van der Waals surface area contributed by atoms with Crippen molar-refractivity contribution in [1.82, 2.24) is 10.2 Å². The zero-order valence-corrected chi connectivity index (χ0v) is 9.28. The molecule has 0 aromatic heterocycles. The lowest BCUT2D eigenvalue weighted by Crippen LogP contribution is -2.48. The Hall–Kier alpha value is -1.26. The molecule has 1 saturated heterocycles. The fourth-order valence-corrected chi connectivity index (χ4v) is 1.61. The van der Waals surface area contributed by atoms with Crippen LogP contribution in [0.15, 0.2) is 0 Å². The van der Waals surface area contributed by atoms with Crippen LogP contribution >= 0.6 is 0 Å². The third-order valence-electron chi connectivity index (χ3n) is 2.54. The molecular formula is C10H18N2O3. The van der Waals surface area contributed by atoms with E-state index < -0.39 is 12.0 Å². The van der Waals surface area contributed by atoms with Crippen LogP contribution in [0.3, 0.4) is 0 Å². The van der Waals surface area contributed by atoms with Crippen LogP contribution in [0, 0.1) is 0 Å². The molecule has 1 rings (SSSR count). The number of urea groups is 1. The number of carbonyl (C=O) groups is 2. The highest BCUT2D eigenvalue weighted by Gasteiger charge is 2.21. The van der Waals surface area contributed by atoms with Gasteiger partial charge in [0.05, 0.1) is 7.11 Å². The van der Waals surface area contributed by atoms with Crippen molar-refractivity contribution in [2.45, 2.75) is 32.2 Å². The van der Waals surface area contributed by atoms with Gasteiger partial charge in [0.25, 0.3) is 0 Å². The van der Waals surface area contributed by atoms with E-state index in [0.717, 1.165) is 25.9 Å². The molecule has 0 radical (unpaired) electrons. The number of rotatable bonds is 2. The van der Waals surface area contributed by atoms with Crippen LogP contribution in [0.4, 0.5) is 4.79 Å². The topological polar surface area (TPSA) is 58.6 Å². The van der Waals surface area contributed by atoms with E-state index in [0.29, 0.717) is 0 Å². The molecule has 1 aliphatic rings. The molecule has 0 unspecified atom stereocenters. The molecule has 5 heteroatoms. The van der Waals surface area contributed by atoms with Crippen molar-refractivity contribution in [3.63, 3.8) is 0 Å². The van der Waals surface area contributed by atoms with Crippen LogP contribution in [-0.2, 0) is 9.53 Å². The average molecular weight is 214 g/mol. The van der Waals surface area contributed by atoms with E-state index in [1.165, 1.54) is 13.5 Å². The lowest BCUT2D eigenvalue weighted by molar-refractivity contribution is -0.142. The van der Waals surface area contributed by atoms with Gasteiger partial charge in [-0.05, 0) is 26.2 Å². The number of hydrogen-bond donors (Lipinski definition) is 1. The van der Waals surface area contributed by atoms with E-state index in [2.05, 4.69) is 10.1 Å². The molecule has 0 spiro atoms. The number of carbonyl (C=O) groups excluding carboxylic acids is 2. The molecule has 0 saturated carbocycles. The number of ether oxygens (including phenoxy) is 1. The smallest absolute Gasteiger partial charge is 0.328 e. The summed E-state index contributed by atoms with van der Waals surface area (Å²) in [6, 6.07) is -0.753. The second kappa shape index (κ2) is 5.58. The van der Waals surface area contributed by atoms with Gasteiger partial charge in [-0.15, -0.1) is 0 Å². The lowest BCUT2D eigenvalue weighted by Gasteiger charge is -2.27. The molecule has 86 valence electrons. The molecule has 1 fully saturated rings. The normalized spacial score (nSPS) is 18.1. The van der Waals surface area contributed by atoms with E-state index in [1.54, 1.807) is 11.8 Å². The van der Waals surface area contributed by atoms with E-state index in [1.807, 2.05) is 0 Å². The third-order valence-corrected chi connectivity index (χ3v) is 2.54. The molecule has 5 nitrogen and oxygen atoms in total. The maximum Gasteiger partial charge on any atom is 0.328 e. The van der Waals surface area contributed by atoms with E-state index >= 15 is 0 Å². The number of likely N-dealkylation sites (tertiary alicyclic amines) is 1. The standard InChI is InChI=1S/C10H18N2O3/c1-8(9(13)15-2)11-10(14)12-6-4-3-5-7-12/h8H,3-7H2,1-2H3,(H,11,14)/t8-/m0/s1. The van der Waals surface area contributed by atoms with Crippen LogP contribution in [0.2, 0.25) is 0 Å². The van der Waals surface area contributed by atoms with Crippen molar-refractivity contribution in [2.75, 3.05) is 20.2 Å². The average Bonchev–Trinajstić information content (AvgIpc) is 2.29. The molecule has 0 aliphatic carbocycles. The van der Waals surface area contributed by atoms with E-state index in [9.17, 15) is 9.59 Å². The summed E-state index contributed by atoms with van der Waals surface area (Å²) in [5.74, 6) is -0.416. The van der Waals surface area contributed by atoms with Gasteiger partial charge in [-0.25, -0.2) is 9.59 Å². The number of methoxy groups -OCH3 is 1. The molecule has 15 heavy (non-hydrogen) atoms. The van der Waals surface area contributed by atoms with Gasteiger partial charge < -0.3 is 15.0 Å². The molecule has 1 N–H and O–H groups in total. The Labute approximate surface area is 89.8 Å². The quantitative estimate of drug-likeness (QED) is 0.690. The molecule has 0 aromatic carbocycles. The second-order valence-corrected chi connectivity index (χ2v) is 3.74. The van der Waals surface area contributed by atoms with Crippen molar-refractivity contribution < 1.29 is 14.3 Å². The predicted octanol–water partition coefficient (Wildman–Crippen LogP) is 0.743. The first-order valence-electron chi connectivity index (χ1n) is 5.28. The van der Waals surface area contributed by atoms with Crippen molar-refractivity contribution in [3.8, 4) is 0 Å². The Bertz CT molecular complexity index is 237. The van der Waals surface area contributed by atoms with Gasteiger partial charge in [0.15, 0.2) is 0 Å². The largest absolute Gasteiger partial charge is 0.467 e. The van der Waals surface area contributed by atoms with Crippen LogP contribution in [0.25, 0.3) is 0 Å². The third kappa shape index (κ3) is 3.42. The fraction of sp³-hybridized carbons (Fsp3) is 0.800. The Morgan fingerprint density at radius 3 is 2.40 bits per heavy atom. The summed E-state index contributed by atoms with van der Waals surface area (Å²) in [6.45, 7) is 3.17. The van der Waals surface area contributed by atoms with Gasteiger partial charge >= 0.3 is 12.0 Å². The number of esters is 1. The summed E-state index contributed by atoms with van der Waals surface area (Å²) in [5, 5.41) is 2.61. The second-order valence-electron chi connectivity index (χ2n) is 3.74. The summed E-state index contributed by atoms with van der Waals surface area (Å²) in [5.41, 5.74) is 0. The lowest BCUT2D eigenvalue weighted by atomic mass is 10.1. The molecule has 0 aromatic rings. The number of piperidine rings is 1. The van der Waals surface area contributed by atoms with E-state index in [-0.39, 0.29) is 6.03 Å². The minimum Gasteiger partial charge on any atom is -0.467 e. The number of nitrogens with zero attached hydrogens (tertiary/aromatic N) is 1. The molecule has 1 heterocycles. The van der Waals surface area contributed by atoms with Crippen molar-refractivity contribution in [1.29, 1.82) is 0 Å². The van der Waals surface area contributed by atoms with E-state index in [4.69, 9.17) is 0 Å². The SMILES string of the molecule is COC(=O)[C@H](C)NC(=O)N1CCCCC1. The number of nitrogens with one attached hydrogen (secondary N) is 1. The summed E-state index contributed by atoms with van der Waals surface area (Å²) < 4.78 is 4.53. The maximum absolute atomic E-state index is 11.6. The first kappa shape index (κ1) is 11.8. The zero-order chi connectivity index (χ0) is 11.3. The Balaban J connectivity index is 2.36. The zero-order valence-electron chi connectivity index (χ0n) is 9.28. The monoisotopic (exact) mass is 214 g/mol. The highest BCUT2D eigenvalue weighted by atomic mass is 16.5. The Kier molecular flexibility index (Phi) is 4.39. The Morgan fingerprint density at radius 1 is 1.27 bits per heavy atom. The first-order chi connectivity index (χ1) is 7.15.